The lowest BCUT2D eigenvalue weighted by molar-refractivity contribution is 0.0570. The molecule has 2 aromatic heterocycles. The Balaban J connectivity index is 2.01. The third-order valence-electron chi connectivity index (χ3n) is 2.65. The van der Waals surface area contributed by atoms with Gasteiger partial charge in [0, 0.05) is 37.2 Å². The zero-order valence-electron chi connectivity index (χ0n) is 9.46. The zero-order chi connectivity index (χ0) is 11.5. The minimum absolute atomic E-state index is 0.129. The molecule has 0 aliphatic heterocycles. The fraction of sp³-hybridized carbons (Fsp3) is 0.545. The number of thiazole rings is 1. The number of hydrogen-bond acceptors (Lipinski definition) is 4. The highest BCUT2D eigenvalue weighted by atomic mass is 32.1. The molecule has 0 amide bonds. The van der Waals surface area contributed by atoms with Crippen LogP contribution in [0.1, 0.15) is 12.6 Å². The average Bonchev–Trinajstić information content (AvgIpc) is 2.78. The Morgan fingerprint density at radius 1 is 1.62 bits per heavy atom. The van der Waals surface area contributed by atoms with Crippen molar-refractivity contribution >= 4 is 16.3 Å². The first-order valence-electron chi connectivity index (χ1n) is 5.28. The first-order chi connectivity index (χ1) is 7.70. The Morgan fingerprint density at radius 2 is 2.44 bits per heavy atom. The molecule has 0 spiro atoms. The molecule has 0 saturated heterocycles. The summed E-state index contributed by atoms with van der Waals surface area (Å²) in [6.07, 6.45) is 4.12. The Bertz CT molecular complexity index is 423. The van der Waals surface area contributed by atoms with Gasteiger partial charge in [-0.15, -0.1) is 11.3 Å². The van der Waals surface area contributed by atoms with Gasteiger partial charge in [-0.1, -0.05) is 6.92 Å². The van der Waals surface area contributed by atoms with Crippen molar-refractivity contribution in [1.29, 1.82) is 0 Å². The molecule has 0 aliphatic rings. The number of aliphatic hydroxyl groups is 1. The van der Waals surface area contributed by atoms with Gasteiger partial charge in [-0.25, -0.2) is 4.98 Å². The Hall–Kier alpha value is -0.910. The van der Waals surface area contributed by atoms with Crippen molar-refractivity contribution in [3.8, 4) is 0 Å². The summed E-state index contributed by atoms with van der Waals surface area (Å²) in [7, 11) is 1.65. The lowest BCUT2D eigenvalue weighted by Crippen LogP contribution is -2.24. The predicted octanol–water partition coefficient (Wildman–Crippen LogP) is 1.58. The van der Waals surface area contributed by atoms with Crippen LogP contribution in [-0.2, 0) is 11.2 Å². The number of aromatic nitrogens is 2. The molecule has 88 valence electrons. The lowest BCUT2D eigenvalue weighted by atomic mass is 10.0. The van der Waals surface area contributed by atoms with Crippen LogP contribution < -0.4 is 0 Å². The van der Waals surface area contributed by atoms with Gasteiger partial charge >= 0.3 is 0 Å². The summed E-state index contributed by atoms with van der Waals surface area (Å²) in [4.78, 5) is 5.41. The van der Waals surface area contributed by atoms with Crippen LogP contribution in [0.3, 0.4) is 0 Å². The van der Waals surface area contributed by atoms with Crippen molar-refractivity contribution in [1.82, 2.24) is 9.38 Å². The monoisotopic (exact) mass is 240 g/mol. The Morgan fingerprint density at radius 3 is 3.12 bits per heavy atom. The van der Waals surface area contributed by atoms with Gasteiger partial charge in [0.05, 0.1) is 18.4 Å². The molecule has 0 fully saturated rings. The van der Waals surface area contributed by atoms with E-state index in [2.05, 4.69) is 4.98 Å². The maximum absolute atomic E-state index is 9.94. The molecular formula is C11H16N2O2S. The Labute approximate surface area is 98.5 Å². The van der Waals surface area contributed by atoms with Gasteiger partial charge in [0.2, 0.25) is 0 Å². The average molecular weight is 240 g/mol. The van der Waals surface area contributed by atoms with Gasteiger partial charge < -0.3 is 9.84 Å². The number of ether oxygens (including phenoxy) is 1. The zero-order valence-corrected chi connectivity index (χ0v) is 10.3. The number of rotatable bonds is 5. The largest absolute Gasteiger partial charge is 0.392 e. The molecule has 2 aromatic rings. The summed E-state index contributed by atoms with van der Waals surface area (Å²) in [5, 5.41) is 11.9. The maximum atomic E-state index is 9.94. The second kappa shape index (κ2) is 4.95. The van der Waals surface area contributed by atoms with Gasteiger partial charge in [0.1, 0.15) is 0 Å². The molecule has 2 rings (SSSR count). The molecule has 2 atom stereocenters. The van der Waals surface area contributed by atoms with E-state index in [1.807, 2.05) is 29.1 Å². The van der Waals surface area contributed by atoms with Gasteiger partial charge in [0.25, 0.3) is 0 Å². The van der Waals surface area contributed by atoms with E-state index in [1.54, 1.807) is 18.4 Å². The summed E-state index contributed by atoms with van der Waals surface area (Å²) in [6, 6.07) is 0. The number of hydrogen-bond donors (Lipinski definition) is 1. The minimum Gasteiger partial charge on any atom is -0.392 e. The topological polar surface area (TPSA) is 46.8 Å². The van der Waals surface area contributed by atoms with E-state index in [4.69, 9.17) is 4.74 Å². The molecule has 4 nitrogen and oxygen atoms in total. The van der Waals surface area contributed by atoms with E-state index in [1.165, 1.54) is 0 Å². The third-order valence-corrected chi connectivity index (χ3v) is 3.42. The maximum Gasteiger partial charge on any atom is 0.193 e. The molecule has 0 bridgehead atoms. The molecule has 0 aliphatic carbocycles. The summed E-state index contributed by atoms with van der Waals surface area (Å²) < 4.78 is 7.00. The van der Waals surface area contributed by atoms with Crippen molar-refractivity contribution in [2.75, 3.05) is 13.7 Å². The van der Waals surface area contributed by atoms with Crippen LogP contribution in [0.2, 0.25) is 0 Å². The minimum atomic E-state index is -0.399. The van der Waals surface area contributed by atoms with Gasteiger partial charge in [-0.05, 0) is 0 Å². The SMILES string of the molecule is COCC(C)C(O)Cc1cn2ccsc2n1. The van der Waals surface area contributed by atoms with Crippen molar-refractivity contribution in [2.45, 2.75) is 19.4 Å². The molecule has 5 heteroatoms. The van der Waals surface area contributed by atoms with E-state index in [0.29, 0.717) is 13.0 Å². The first-order valence-corrected chi connectivity index (χ1v) is 6.16. The summed E-state index contributed by atoms with van der Waals surface area (Å²) in [5.41, 5.74) is 0.933. The standard InChI is InChI=1S/C11H16N2O2S/c1-8(7-15-2)10(14)5-9-6-13-3-4-16-11(13)12-9/h3-4,6,8,10,14H,5,7H2,1-2H3. The van der Waals surface area contributed by atoms with E-state index in [-0.39, 0.29) is 5.92 Å². The highest BCUT2D eigenvalue weighted by Gasteiger charge is 2.16. The molecular weight excluding hydrogens is 224 g/mol. The van der Waals surface area contributed by atoms with E-state index >= 15 is 0 Å². The van der Waals surface area contributed by atoms with Crippen molar-refractivity contribution in [3.63, 3.8) is 0 Å². The highest BCUT2D eigenvalue weighted by molar-refractivity contribution is 7.15. The normalized spacial score (nSPS) is 15.4. The number of methoxy groups -OCH3 is 1. The van der Waals surface area contributed by atoms with Crippen LogP contribution in [-0.4, -0.2) is 34.3 Å². The second-order valence-electron chi connectivity index (χ2n) is 4.03. The fourth-order valence-corrected chi connectivity index (χ4v) is 2.38. The molecule has 16 heavy (non-hydrogen) atoms. The lowest BCUT2D eigenvalue weighted by Gasteiger charge is -2.16. The fourth-order valence-electron chi connectivity index (χ4n) is 1.66. The van der Waals surface area contributed by atoms with Crippen LogP contribution in [0.4, 0.5) is 0 Å². The molecule has 1 N–H and O–H groups in total. The summed E-state index contributed by atoms with van der Waals surface area (Å²) in [5.74, 6) is 0.129. The van der Waals surface area contributed by atoms with E-state index in [0.717, 1.165) is 10.7 Å². The van der Waals surface area contributed by atoms with Crippen LogP contribution in [0.5, 0.6) is 0 Å². The van der Waals surface area contributed by atoms with Gasteiger partial charge in [-0.3, -0.25) is 4.40 Å². The van der Waals surface area contributed by atoms with Crippen molar-refractivity contribution < 1.29 is 9.84 Å². The number of aliphatic hydroxyl groups excluding tert-OH is 1. The van der Waals surface area contributed by atoms with Crippen LogP contribution >= 0.6 is 11.3 Å². The predicted molar refractivity (Wildman–Crippen MR) is 63.8 cm³/mol. The van der Waals surface area contributed by atoms with Crippen LogP contribution in [0.15, 0.2) is 17.8 Å². The third kappa shape index (κ3) is 2.42. The van der Waals surface area contributed by atoms with Crippen molar-refractivity contribution in [2.24, 2.45) is 5.92 Å². The van der Waals surface area contributed by atoms with Crippen LogP contribution in [0.25, 0.3) is 4.96 Å². The second-order valence-corrected chi connectivity index (χ2v) is 4.90. The molecule has 2 heterocycles. The van der Waals surface area contributed by atoms with Gasteiger partial charge in [-0.2, -0.15) is 0 Å². The van der Waals surface area contributed by atoms with Gasteiger partial charge in [0.15, 0.2) is 4.96 Å². The van der Waals surface area contributed by atoms with Crippen molar-refractivity contribution in [3.05, 3.63) is 23.5 Å². The smallest absolute Gasteiger partial charge is 0.193 e. The number of imidazole rings is 1. The quantitative estimate of drug-likeness (QED) is 0.863. The molecule has 2 unspecified atom stereocenters. The number of nitrogens with zero attached hydrogens (tertiary/aromatic N) is 2. The molecule has 0 saturated carbocycles. The molecule has 0 radical (unpaired) electrons. The first kappa shape index (κ1) is 11.6. The highest BCUT2D eigenvalue weighted by Crippen LogP contribution is 2.15. The molecule has 0 aromatic carbocycles. The summed E-state index contributed by atoms with van der Waals surface area (Å²) in [6.45, 7) is 2.55. The van der Waals surface area contributed by atoms with Crippen LogP contribution in [0, 0.1) is 5.92 Å². The Kier molecular flexibility index (Phi) is 3.58. The van der Waals surface area contributed by atoms with E-state index < -0.39 is 6.10 Å². The van der Waals surface area contributed by atoms with E-state index in [9.17, 15) is 5.11 Å². The summed E-state index contributed by atoms with van der Waals surface area (Å²) >= 11 is 1.60. The number of fused-ring (bicyclic) bond motifs is 1.